The molecule has 3 N–H and O–H groups in total. The van der Waals surface area contributed by atoms with Crippen molar-refractivity contribution in [1.29, 1.82) is 0 Å². The summed E-state index contributed by atoms with van der Waals surface area (Å²) in [6.45, 7) is 0.525. The number of nitrogens with two attached hydrogens (primary N) is 1. The van der Waals surface area contributed by atoms with E-state index in [4.69, 9.17) is 5.73 Å². The van der Waals surface area contributed by atoms with Gasteiger partial charge in [0.15, 0.2) is 0 Å². The Labute approximate surface area is 113 Å². The minimum Gasteiger partial charge on any atom is -0.397 e. The highest BCUT2D eigenvalue weighted by Crippen LogP contribution is 2.15. The first-order chi connectivity index (χ1) is 9.36. The fourth-order valence-corrected chi connectivity index (χ4v) is 1.51. The predicted octanol–water partition coefficient (Wildman–Crippen LogP) is 2.74. The van der Waals surface area contributed by atoms with Gasteiger partial charge in [-0.2, -0.15) is 0 Å². The molecular weight excluding hydrogens is 232 g/mol. The average molecular weight is 246 g/mol. The van der Waals surface area contributed by atoms with Crippen molar-refractivity contribution in [2.75, 3.05) is 17.6 Å². The minimum absolute atomic E-state index is 0.525. The molecule has 0 saturated heterocycles. The molecule has 0 aliphatic rings. The van der Waals surface area contributed by atoms with Crippen molar-refractivity contribution in [2.45, 2.75) is 0 Å². The molecule has 2 nitrogen and oxygen atoms in total. The normalized spacial score (nSPS) is 8.63. The highest BCUT2D eigenvalue weighted by molar-refractivity contribution is 5.65. The molecule has 0 atom stereocenters. The molecule has 92 valence electrons. The summed E-state index contributed by atoms with van der Waals surface area (Å²) >= 11 is 0. The Balaban J connectivity index is 1.86. The van der Waals surface area contributed by atoms with E-state index in [1.54, 1.807) is 0 Å². The zero-order valence-corrected chi connectivity index (χ0v) is 10.5. The summed E-state index contributed by atoms with van der Waals surface area (Å²) in [5.41, 5.74) is 8.39. The van der Waals surface area contributed by atoms with E-state index in [0.29, 0.717) is 6.54 Å². The quantitative estimate of drug-likeness (QED) is 0.631. The van der Waals surface area contributed by atoms with Crippen LogP contribution in [0.2, 0.25) is 0 Å². The summed E-state index contributed by atoms with van der Waals surface area (Å²) < 4.78 is 0. The van der Waals surface area contributed by atoms with Crippen LogP contribution in [-0.2, 0) is 0 Å². The molecular formula is C17H14N2. The van der Waals surface area contributed by atoms with E-state index in [9.17, 15) is 0 Å². The zero-order valence-electron chi connectivity index (χ0n) is 10.5. The van der Waals surface area contributed by atoms with Crippen LogP contribution in [0.1, 0.15) is 5.56 Å². The van der Waals surface area contributed by atoms with E-state index >= 15 is 0 Å². The Morgan fingerprint density at radius 2 is 1.63 bits per heavy atom. The maximum atomic E-state index is 5.80. The second-order valence-electron chi connectivity index (χ2n) is 3.86. The number of rotatable bonds is 2. The molecule has 0 saturated carbocycles. The lowest BCUT2D eigenvalue weighted by Gasteiger charge is -2.04. The number of anilines is 2. The van der Waals surface area contributed by atoms with Crippen molar-refractivity contribution in [3.63, 3.8) is 0 Å². The van der Waals surface area contributed by atoms with Crippen molar-refractivity contribution < 1.29 is 0 Å². The molecule has 0 spiro atoms. The lowest BCUT2D eigenvalue weighted by atomic mass is 10.2. The first-order valence-electron chi connectivity index (χ1n) is 5.98. The van der Waals surface area contributed by atoms with E-state index in [1.807, 2.05) is 54.6 Å². The van der Waals surface area contributed by atoms with E-state index in [1.165, 1.54) is 0 Å². The van der Waals surface area contributed by atoms with Gasteiger partial charge < -0.3 is 11.1 Å². The molecule has 0 fully saturated rings. The lowest BCUT2D eigenvalue weighted by Crippen LogP contribution is -2.01. The smallest absolute Gasteiger partial charge is 0.0776 e. The lowest BCUT2D eigenvalue weighted by molar-refractivity contribution is 1.38. The molecule has 0 heterocycles. The number of para-hydroxylation sites is 2. The van der Waals surface area contributed by atoms with Gasteiger partial charge in [0, 0.05) is 5.56 Å². The first-order valence-corrected chi connectivity index (χ1v) is 5.98. The number of benzene rings is 2. The average Bonchev–Trinajstić information content (AvgIpc) is 2.45. The largest absolute Gasteiger partial charge is 0.397 e. The summed E-state index contributed by atoms with van der Waals surface area (Å²) in [4.78, 5) is 0. The van der Waals surface area contributed by atoms with E-state index in [-0.39, 0.29) is 0 Å². The summed E-state index contributed by atoms with van der Waals surface area (Å²) in [6, 6.07) is 17.4. The van der Waals surface area contributed by atoms with Gasteiger partial charge in [-0.3, -0.25) is 0 Å². The van der Waals surface area contributed by atoms with Crippen LogP contribution >= 0.6 is 0 Å². The van der Waals surface area contributed by atoms with Gasteiger partial charge in [0.05, 0.1) is 17.9 Å². The van der Waals surface area contributed by atoms with Crippen molar-refractivity contribution in [3.05, 3.63) is 60.2 Å². The fraction of sp³-hybridized carbons (Fsp3) is 0.0588. The Kier molecular flexibility index (Phi) is 4.51. The highest BCUT2D eigenvalue weighted by Gasteiger charge is 1.92. The molecule has 0 aromatic heterocycles. The monoisotopic (exact) mass is 246 g/mol. The van der Waals surface area contributed by atoms with Crippen molar-refractivity contribution in [1.82, 2.24) is 0 Å². The van der Waals surface area contributed by atoms with Crippen LogP contribution in [0, 0.1) is 23.7 Å². The number of hydrogen-bond acceptors (Lipinski definition) is 2. The van der Waals surface area contributed by atoms with E-state index in [2.05, 4.69) is 29.0 Å². The summed E-state index contributed by atoms with van der Waals surface area (Å²) in [5, 5.41) is 3.15. The van der Waals surface area contributed by atoms with Crippen LogP contribution in [-0.4, -0.2) is 6.54 Å². The van der Waals surface area contributed by atoms with Gasteiger partial charge in [-0.15, -0.1) is 0 Å². The van der Waals surface area contributed by atoms with Crippen LogP contribution in [0.5, 0.6) is 0 Å². The molecule has 0 radical (unpaired) electrons. The number of nitrogen functional groups attached to an aromatic ring is 1. The SMILES string of the molecule is Nc1ccccc1NCC#CC#Cc1ccccc1. The van der Waals surface area contributed by atoms with Crippen LogP contribution < -0.4 is 11.1 Å². The maximum absolute atomic E-state index is 5.80. The van der Waals surface area contributed by atoms with E-state index < -0.39 is 0 Å². The molecule has 0 bridgehead atoms. The standard InChI is InChI=1S/C17H14N2/c18-16-12-6-7-13-17(16)19-14-8-2-5-11-15-9-3-1-4-10-15/h1,3-4,6-7,9-10,12-13,19H,14,18H2. The summed E-state index contributed by atoms with van der Waals surface area (Å²) in [5.74, 6) is 11.5. The molecule has 0 aliphatic carbocycles. The van der Waals surface area contributed by atoms with Gasteiger partial charge >= 0.3 is 0 Å². The van der Waals surface area contributed by atoms with Crippen molar-refractivity contribution in [3.8, 4) is 23.7 Å². The van der Waals surface area contributed by atoms with Crippen molar-refractivity contribution in [2.24, 2.45) is 0 Å². The van der Waals surface area contributed by atoms with Crippen LogP contribution in [0.3, 0.4) is 0 Å². The predicted molar refractivity (Wildman–Crippen MR) is 80.4 cm³/mol. The molecule has 0 unspecified atom stereocenters. The minimum atomic E-state index is 0.525. The third kappa shape index (κ3) is 4.15. The fourth-order valence-electron chi connectivity index (χ4n) is 1.51. The number of nitrogens with one attached hydrogen (secondary N) is 1. The number of hydrogen-bond donors (Lipinski definition) is 2. The molecule has 2 rings (SSSR count). The van der Waals surface area contributed by atoms with Gasteiger partial charge in [0.2, 0.25) is 0 Å². The molecule has 0 aliphatic heterocycles. The molecule has 19 heavy (non-hydrogen) atoms. The molecule has 2 aromatic rings. The van der Waals surface area contributed by atoms with Gasteiger partial charge in [0.25, 0.3) is 0 Å². The molecule has 0 amide bonds. The Morgan fingerprint density at radius 3 is 2.42 bits per heavy atom. The topological polar surface area (TPSA) is 38.0 Å². The first kappa shape index (κ1) is 12.6. The van der Waals surface area contributed by atoms with Gasteiger partial charge in [0.1, 0.15) is 0 Å². The third-order valence-electron chi connectivity index (χ3n) is 2.46. The second kappa shape index (κ2) is 6.79. The van der Waals surface area contributed by atoms with Crippen molar-refractivity contribution >= 4 is 11.4 Å². The zero-order chi connectivity index (χ0) is 13.3. The highest BCUT2D eigenvalue weighted by atomic mass is 14.9. The van der Waals surface area contributed by atoms with Gasteiger partial charge in [-0.25, -0.2) is 0 Å². The summed E-state index contributed by atoms with van der Waals surface area (Å²) in [7, 11) is 0. The Morgan fingerprint density at radius 1 is 0.895 bits per heavy atom. The van der Waals surface area contributed by atoms with Gasteiger partial charge in [-0.05, 0) is 36.1 Å². The second-order valence-corrected chi connectivity index (χ2v) is 3.86. The van der Waals surface area contributed by atoms with E-state index in [0.717, 1.165) is 16.9 Å². The van der Waals surface area contributed by atoms with Crippen LogP contribution in [0.4, 0.5) is 11.4 Å². The van der Waals surface area contributed by atoms with Crippen LogP contribution in [0.25, 0.3) is 0 Å². The Hall–Kier alpha value is -2.84. The maximum Gasteiger partial charge on any atom is 0.0776 e. The third-order valence-corrected chi connectivity index (χ3v) is 2.46. The summed E-state index contributed by atoms with van der Waals surface area (Å²) in [6.07, 6.45) is 0. The molecule has 2 aromatic carbocycles. The van der Waals surface area contributed by atoms with Crippen LogP contribution in [0.15, 0.2) is 54.6 Å². The molecule has 2 heteroatoms. The Bertz CT molecular complexity index is 652. The van der Waals surface area contributed by atoms with Gasteiger partial charge in [-0.1, -0.05) is 42.2 Å².